The van der Waals surface area contributed by atoms with Crippen molar-refractivity contribution in [2.45, 2.75) is 89.4 Å². The van der Waals surface area contributed by atoms with Crippen LogP contribution in [0.4, 0.5) is 0 Å². The van der Waals surface area contributed by atoms with Gasteiger partial charge in [0.15, 0.2) is 0 Å². The number of hydrogen-bond donors (Lipinski definition) is 0. The summed E-state index contributed by atoms with van der Waals surface area (Å²) in [6, 6.07) is 20.3. The van der Waals surface area contributed by atoms with E-state index in [1.54, 1.807) is 0 Å². The van der Waals surface area contributed by atoms with E-state index in [4.69, 9.17) is 4.74 Å². The van der Waals surface area contributed by atoms with E-state index in [0.717, 1.165) is 38.0 Å². The number of unbranched alkanes of at least 4 members (excludes halogenated alkanes) is 4. The number of carbonyl (C=O) groups excluding carboxylic acids is 1. The summed E-state index contributed by atoms with van der Waals surface area (Å²) in [6.45, 7) is 6.15. The minimum atomic E-state index is -0.333. The molecule has 0 bridgehead atoms. The second kappa shape index (κ2) is 13.9. The fourth-order valence-corrected chi connectivity index (χ4v) is 5.37. The van der Waals surface area contributed by atoms with E-state index in [-0.39, 0.29) is 11.4 Å². The molecule has 35 heavy (non-hydrogen) atoms. The molecule has 0 aromatic heterocycles. The molecule has 0 N–H and O–H groups in total. The Morgan fingerprint density at radius 3 is 2.20 bits per heavy atom. The lowest BCUT2D eigenvalue weighted by atomic mass is 9.67. The number of benzene rings is 2. The van der Waals surface area contributed by atoms with E-state index in [2.05, 4.69) is 68.1 Å². The molecule has 0 amide bonds. The number of aryl methyl sites for hydroxylation is 1. The van der Waals surface area contributed by atoms with Crippen LogP contribution in [0.25, 0.3) is 11.1 Å². The van der Waals surface area contributed by atoms with Gasteiger partial charge in [-0.15, -0.1) is 0 Å². The Kier molecular flexibility index (Phi) is 10.6. The average molecular weight is 472 g/mol. The molecule has 0 spiro atoms. The van der Waals surface area contributed by atoms with Crippen LogP contribution >= 0.6 is 0 Å². The van der Waals surface area contributed by atoms with Crippen LogP contribution in [0.3, 0.4) is 0 Å². The molecular formula is C32H41NO2. The molecule has 186 valence electrons. The maximum absolute atomic E-state index is 11.0. The summed E-state index contributed by atoms with van der Waals surface area (Å²) in [4.78, 5) is 11.0. The molecule has 1 aliphatic carbocycles. The average Bonchev–Trinajstić information content (AvgIpc) is 2.91. The summed E-state index contributed by atoms with van der Waals surface area (Å²) >= 11 is 0. The SMILES string of the molecule is C=CC(=O)OCCCCCCCc1ccc(-c2ccc(C3(C#N)CCC(CCC)CC3)cc2)cc1. The molecule has 0 atom stereocenters. The predicted octanol–water partition coefficient (Wildman–Crippen LogP) is 8.33. The second-order valence-electron chi connectivity index (χ2n) is 10.1. The minimum Gasteiger partial charge on any atom is -0.463 e. The van der Waals surface area contributed by atoms with Crippen molar-refractivity contribution in [2.24, 2.45) is 5.92 Å². The van der Waals surface area contributed by atoms with Crippen LogP contribution in [0.1, 0.15) is 88.7 Å². The zero-order chi connectivity index (χ0) is 24.9. The standard InChI is InChI=1S/C32H41NO2/c1-3-10-26-20-22-32(25-33,23-21-26)30-18-16-29(17-19-30)28-14-12-27(13-15-28)11-8-6-5-7-9-24-35-31(34)4-2/h4,12-19,26H,2-3,5-11,20-24H2,1H3. The third-order valence-corrected chi connectivity index (χ3v) is 7.62. The molecule has 2 aromatic rings. The van der Waals surface area contributed by atoms with E-state index >= 15 is 0 Å². The first-order valence-corrected chi connectivity index (χ1v) is 13.5. The van der Waals surface area contributed by atoms with Gasteiger partial charge in [0.1, 0.15) is 0 Å². The van der Waals surface area contributed by atoms with E-state index in [0.29, 0.717) is 6.61 Å². The van der Waals surface area contributed by atoms with Gasteiger partial charge in [0.05, 0.1) is 18.1 Å². The summed E-state index contributed by atoms with van der Waals surface area (Å²) in [5.74, 6) is 0.466. The van der Waals surface area contributed by atoms with Gasteiger partial charge in [0, 0.05) is 6.08 Å². The van der Waals surface area contributed by atoms with Crippen molar-refractivity contribution in [3.05, 3.63) is 72.3 Å². The minimum absolute atomic E-state index is 0.303. The number of hydrogen-bond acceptors (Lipinski definition) is 3. The molecule has 0 aliphatic heterocycles. The van der Waals surface area contributed by atoms with Gasteiger partial charge in [0.25, 0.3) is 0 Å². The van der Waals surface area contributed by atoms with Crippen molar-refractivity contribution < 1.29 is 9.53 Å². The first-order chi connectivity index (χ1) is 17.1. The third-order valence-electron chi connectivity index (χ3n) is 7.62. The van der Waals surface area contributed by atoms with Crippen LogP contribution < -0.4 is 0 Å². The highest BCUT2D eigenvalue weighted by atomic mass is 16.5. The maximum Gasteiger partial charge on any atom is 0.330 e. The topological polar surface area (TPSA) is 50.1 Å². The van der Waals surface area contributed by atoms with E-state index in [1.807, 2.05) is 0 Å². The molecule has 3 rings (SSSR count). The lowest BCUT2D eigenvalue weighted by Crippen LogP contribution is -2.30. The molecule has 1 saturated carbocycles. The zero-order valence-electron chi connectivity index (χ0n) is 21.4. The van der Waals surface area contributed by atoms with E-state index < -0.39 is 0 Å². The number of ether oxygens (including phenoxy) is 1. The molecule has 2 aromatic carbocycles. The molecule has 0 heterocycles. The van der Waals surface area contributed by atoms with Gasteiger partial charge in [-0.3, -0.25) is 0 Å². The van der Waals surface area contributed by atoms with Gasteiger partial charge in [-0.25, -0.2) is 4.79 Å². The highest BCUT2D eigenvalue weighted by Crippen LogP contribution is 2.42. The molecule has 3 heteroatoms. The van der Waals surface area contributed by atoms with Crippen LogP contribution in [0.2, 0.25) is 0 Å². The Morgan fingerprint density at radius 2 is 1.60 bits per heavy atom. The van der Waals surface area contributed by atoms with Gasteiger partial charge < -0.3 is 4.74 Å². The quantitative estimate of drug-likeness (QED) is 0.168. The Labute approximate surface area is 212 Å². The highest BCUT2D eigenvalue weighted by molar-refractivity contribution is 5.81. The lowest BCUT2D eigenvalue weighted by Gasteiger charge is -2.35. The number of carbonyl (C=O) groups is 1. The Bertz CT molecular complexity index is 960. The number of nitrogens with zero attached hydrogens (tertiary/aromatic N) is 1. The number of rotatable bonds is 13. The van der Waals surface area contributed by atoms with Crippen molar-refractivity contribution in [3.63, 3.8) is 0 Å². The monoisotopic (exact) mass is 471 g/mol. The first-order valence-electron chi connectivity index (χ1n) is 13.5. The van der Waals surface area contributed by atoms with Crippen LogP contribution in [-0.2, 0) is 21.4 Å². The van der Waals surface area contributed by atoms with Crippen LogP contribution in [0.15, 0.2) is 61.2 Å². The van der Waals surface area contributed by atoms with E-state index in [1.165, 1.54) is 73.3 Å². The van der Waals surface area contributed by atoms with Crippen molar-refractivity contribution in [1.82, 2.24) is 0 Å². The Balaban J connectivity index is 1.44. The lowest BCUT2D eigenvalue weighted by molar-refractivity contribution is -0.137. The Hall–Kier alpha value is -2.86. The van der Waals surface area contributed by atoms with Gasteiger partial charge in [-0.2, -0.15) is 5.26 Å². The predicted molar refractivity (Wildman–Crippen MR) is 144 cm³/mol. The molecule has 0 saturated heterocycles. The Morgan fingerprint density at radius 1 is 1.00 bits per heavy atom. The van der Waals surface area contributed by atoms with Crippen molar-refractivity contribution in [1.29, 1.82) is 5.26 Å². The van der Waals surface area contributed by atoms with Gasteiger partial charge in [-0.1, -0.05) is 94.1 Å². The molecule has 1 aliphatic rings. The third kappa shape index (κ3) is 7.82. The number of esters is 1. The van der Waals surface area contributed by atoms with Gasteiger partial charge in [-0.05, 0) is 73.1 Å². The second-order valence-corrected chi connectivity index (χ2v) is 10.1. The summed E-state index contributed by atoms with van der Waals surface area (Å²) < 4.78 is 5.00. The normalized spacial score (nSPS) is 19.6. The zero-order valence-corrected chi connectivity index (χ0v) is 21.4. The molecule has 0 unspecified atom stereocenters. The summed E-state index contributed by atoms with van der Waals surface area (Å²) in [7, 11) is 0. The smallest absolute Gasteiger partial charge is 0.330 e. The van der Waals surface area contributed by atoms with Crippen LogP contribution in [0, 0.1) is 17.2 Å². The van der Waals surface area contributed by atoms with Crippen molar-refractivity contribution in [3.8, 4) is 17.2 Å². The molecule has 3 nitrogen and oxygen atoms in total. The fraction of sp³-hybridized carbons (Fsp3) is 0.500. The summed E-state index contributed by atoms with van der Waals surface area (Å²) in [5, 5.41) is 10.0. The molecule has 0 radical (unpaired) electrons. The van der Waals surface area contributed by atoms with Crippen LogP contribution in [0.5, 0.6) is 0 Å². The van der Waals surface area contributed by atoms with Crippen molar-refractivity contribution >= 4 is 5.97 Å². The first kappa shape index (κ1) is 26.7. The molecule has 1 fully saturated rings. The van der Waals surface area contributed by atoms with E-state index in [9.17, 15) is 10.1 Å². The van der Waals surface area contributed by atoms with Crippen molar-refractivity contribution in [2.75, 3.05) is 6.61 Å². The fourth-order valence-electron chi connectivity index (χ4n) is 5.37. The maximum atomic E-state index is 11.0. The summed E-state index contributed by atoms with van der Waals surface area (Å²) in [6.07, 6.45) is 14.7. The molecular weight excluding hydrogens is 430 g/mol. The largest absolute Gasteiger partial charge is 0.463 e. The summed E-state index contributed by atoms with van der Waals surface area (Å²) in [5.41, 5.74) is 4.70. The number of nitriles is 1. The van der Waals surface area contributed by atoms with Gasteiger partial charge in [0.2, 0.25) is 0 Å². The van der Waals surface area contributed by atoms with Gasteiger partial charge >= 0.3 is 5.97 Å². The highest BCUT2D eigenvalue weighted by Gasteiger charge is 2.36. The van der Waals surface area contributed by atoms with Crippen LogP contribution in [-0.4, -0.2) is 12.6 Å².